The Balaban J connectivity index is 2.22. The van der Waals surface area contributed by atoms with Crippen LogP contribution in [0.5, 0.6) is 0 Å². The summed E-state index contributed by atoms with van der Waals surface area (Å²) in [5, 5.41) is 0. The second-order valence-electron chi connectivity index (χ2n) is 4.93. The Bertz CT molecular complexity index is 315. The summed E-state index contributed by atoms with van der Waals surface area (Å²) in [5.41, 5.74) is 2.10. The molecular formula is C14H19F. The molecule has 1 fully saturated rings. The van der Waals surface area contributed by atoms with Gasteiger partial charge in [0.25, 0.3) is 0 Å². The van der Waals surface area contributed by atoms with Crippen LogP contribution < -0.4 is 0 Å². The van der Waals surface area contributed by atoms with Gasteiger partial charge in [0.1, 0.15) is 5.82 Å². The predicted molar refractivity (Wildman–Crippen MR) is 61.5 cm³/mol. The van der Waals surface area contributed by atoms with E-state index in [0.29, 0.717) is 5.92 Å². The van der Waals surface area contributed by atoms with Gasteiger partial charge in [-0.05, 0) is 48.8 Å². The van der Waals surface area contributed by atoms with Gasteiger partial charge in [-0.25, -0.2) is 4.39 Å². The zero-order chi connectivity index (χ0) is 10.8. The first kappa shape index (κ1) is 10.7. The highest BCUT2D eigenvalue weighted by atomic mass is 19.1. The fraction of sp³-hybridized carbons (Fsp3) is 0.571. The molecule has 0 saturated heterocycles. The molecule has 1 aromatic carbocycles. The topological polar surface area (TPSA) is 0 Å². The maximum absolute atomic E-state index is 13.7. The summed E-state index contributed by atoms with van der Waals surface area (Å²) >= 11 is 0. The van der Waals surface area contributed by atoms with Crippen molar-refractivity contribution in [2.75, 3.05) is 0 Å². The van der Waals surface area contributed by atoms with Gasteiger partial charge in [-0.15, -0.1) is 0 Å². The largest absolute Gasteiger partial charge is 0.207 e. The molecular weight excluding hydrogens is 187 g/mol. The molecule has 0 spiro atoms. The van der Waals surface area contributed by atoms with Crippen molar-refractivity contribution < 1.29 is 4.39 Å². The van der Waals surface area contributed by atoms with E-state index in [1.807, 2.05) is 13.0 Å². The molecule has 0 amide bonds. The molecule has 0 bridgehead atoms. The molecule has 1 heteroatoms. The Hall–Kier alpha value is -0.850. The smallest absolute Gasteiger partial charge is 0.126 e. The molecule has 82 valence electrons. The van der Waals surface area contributed by atoms with Crippen LogP contribution in [-0.4, -0.2) is 0 Å². The van der Waals surface area contributed by atoms with E-state index in [9.17, 15) is 4.39 Å². The van der Waals surface area contributed by atoms with Crippen molar-refractivity contribution >= 4 is 0 Å². The third-order valence-corrected chi connectivity index (χ3v) is 3.70. The number of benzene rings is 1. The molecule has 2 rings (SSSR count). The third-order valence-electron chi connectivity index (χ3n) is 3.70. The molecule has 0 nitrogen and oxygen atoms in total. The van der Waals surface area contributed by atoms with E-state index in [-0.39, 0.29) is 5.82 Å². The van der Waals surface area contributed by atoms with Crippen LogP contribution in [0.3, 0.4) is 0 Å². The standard InChI is InChI=1S/C14H19F/c1-10-6-8-12(9-7-10)14-11(2)4-3-5-13(14)15/h3-5,10,12H,6-9H2,1-2H3. The van der Waals surface area contributed by atoms with Gasteiger partial charge in [-0.2, -0.15) is 0 Å². The van der Waals surface area contributed by atoms with Crippen molar-refractivity contribution in [1.29, 1.82) is 0 Å². The summed E-state index contributed by atoms with van der Waals surface area (Å²) in [6, 6.07) is 5.43. The summed E-state index contributed by atoms with van der Waals surface area (Å²) in [4.78, 5) is 0. The molecule has 0 aliphatic heterocycles. The normalized spacial score (nSPS) is 26.6. The maximum atomic E-state index is 13.7. The molecule has 15 heavy (non-hydrogen) atoms. The second kappa shape index (κ2) is 4.34. The predicted octanol–water partition coefficient (Wildman–Crippen LogP) is 4.43. The molecule has 1 saturated carbocycles. The molecule has 1 aliphatic rings. The van der Waals surface area contributed by atoms with E-state index in [0.717, 1.165) is 29.9 Å². The van der Waals surface area contributed by atoms with Gasteiger partial charge in [-0.1, -0.05) is 31.9 Å². The van der Waals surface area contributed by atoms with E-state index < -0.39 is 0 Å². The van der Waals surface area contributed by atoms with Gasteiger partial charge in [0.15, 0.2) is 0 Å². The van der Waals surface area contributed by atoms with Crippen molar-refractivity contribution in [3.05, 3.63) is 35.1 Å². The van der Waals surface area contributed by atoms with Crippen molar-refractivity contribution in [2.24, 2.45) is 5.92 Å². The van der Waals surface area contributed by atoms with E-state index in [2.05, 4.69) is 6.92 Å². The lowest BCUT2D eigenvalue weighted by Crippen LogP contribution is -2.13. The van der Waals surface area contributed by atoms with E-state index in [4.69, 9.17) is 0 Å². The molecule has 0 radical (unpaired) electrons. The Morgan fingerprint density at radius 1 is 1.13 bits per heavy atom. The molecule has 1 aromatic rings. The van der Waals surface area contributed by atoms with E-state index in [1.165, 1.54) is 12.8 Å². The zero-order valence-electron chi connectivity index (χ0n) is 9.59. The lowest BCUT2D eigenvalue weighted by atomic mass is 9.78. The number of rotatable bonds is 1. The van der Waals surface area contributed by atoms with E-state index >= 15 is 0 Å². The fourth-order valence-electron chi connectivity index (χ4n) is 2.71. The van der Waals surface area contributed by atoms with E-state index in [1.54, 1.807) is 12.1 Å². The first-order chi connectivity index (χ1) is 7.18. The molecule has 0 atom stereocenters. The lowest BCUT2D eigenvalue weighted by molar-refractivity contribution is 0.341. The monoisotopic (exact) mass is 206 g/mol. The highest BCUT2D eigenvalue weighted by Gasteiger charge is 2.23. The average Bonchev–Trinajstić information content (AvgIpc) is 2.20. The van der Waals surface area contributed by atoms with Gasteiger partial charge in [0.05, 0.1) is 0 Å². The molecule has 1 aliphatic carbocycles. The summed E-state index contributed by atoms with van der Waals surface area (Å²) < 4.78 is 13.7. The minimum atomic E-state index is -0.00504. The number of hydrogen-bond donors (Lipinski definition) is 0. The van der Waals surface area contributed by atoms with Gasteiger partial charge in [-0.3, -0.25) is 0 Å². The average molecular weight is 206 g/mol. The van der Waals surface area contributed by atoms with Crippen molar-refractivity contribution in [3.8, 4) is 0 Å². The van der Waals surface area contributed by atoms with Crippen LogP contribution in [0.2, 0.25) is 0 Å². The first-order valence-corrected chi connectivity index (χ1v) is 5.93. The Morgan fingerprint density at radius 3 is 2.40 bits per heavy atom. The quantitative estimate of drug-likeness (QED) is 0.637. The molecule has 0 unspecified atom stereocenters. The Morgan fingerprint density at radius 2 is 1.80 bits per heavy atom. The number of hydrogen-bond acceptors (Lipinski definition) is 0. The van der Waals surface area contributed by atoms with Gasteiger partial charge < -0.3 is 0 Å². The van der Waals surface area contributed by atoms with Crippen LogP contribution in [0.1, 0.15) is 49.7 Å². The number of halogens is 1. The minimum absolute atomic E-state index is 0.00504. The van der Waals surface area contributed by atoms with Crippen molar-refractivity contribution in [2.45, 2.75) is 45.4 Å². The molecule has 0 aromatic heterocycles. The van der Waals surface area contributed by atoms with Crippen LogP contribution in [0.15, 0.2) is 18.2 Å². The van der Waals surface area contributed by atoms with Crippen LogP contribution in [-0.2, 0) is 0 Å². The number of aryl methyl sites for hydroxylation is 1. The second-order valence-corrected chi connectivity index (χ2v) is 4.93. The maximum Gasteiger partial charge on any atom is 0.126 e. The van der Waals surface area contributed by atoms with Gasteiger partial charge in [0, 0.05) is 0 Å². The zero-order valence-corrected chi connectivity index (χ0v) is 9.59. The SMILES string of the molecule is Cc1cccc(F)c1C1CCC(C)CC1. The fourth-order valence-corrected chi connectivity index (χ4v) is 2.71. The highest BCUT2D eigenvalue weighted by Crippen LogP contribution is 2.37. The summed E-state index contributed by atoms with van der Waals surface area (Å²) in [7, 11) is 0. The Kier molecular flexibility index (Phi) is 3.08. The molecule has 0 N–H and O–H groups in total. The molecule has 0 heterocycles. The highest BCUT2D eigenvalue weighted by molar-refractivity contribution is 5.31. The van der Waals surface area contributed by atoms with Crippen LogP contribution in [0.4, 0.5) is 4.39 Å². The van der Waals surface area contributed by atoms with Gasteiger partial charge >= 0.3 is 0 Å². The van der Waals surface area contributed by atoms with Gasteiger partial charge in [0.2, 0.25) is 0 Å². The summed E-state index contributed by atoms with van der Waals surface area (Å²) in [6.45, 7) is 4.32. The first-order valence-electron chi connectivity index (χ1n) is 5.93. The van der Waals surface area contributed by atoms with Crippen molar-refractivity contribution in [3.63, 3.8) is 0 Å². The lowest BCUT2D eigenvalue weighted by Gasteiger charge is -2.27. The van der Waals surface area contributed by atoms with Crippen molar-refractivity contribution in [1.82, 2.24) is 0 Å². The van der Waals surface area contributed by atoms with Crippen LogP contribution >= 0.6 is 0 Å². The third kappa shape index (κ3) is 2.22. The van der Waals surface area contributed by atoms with Crippen LogP contribution in [0, 0.1) is 18.7 Å². The Labute approximate surface area is 91.5 Å². The minimum Gasteiger partial charge on any atom is -0.207 e. The summed E-state index contributed by atoms with van der Waals surface area (Å²) in [6.07, 6.45) is 4.81. The van der Waals surface area contributed by atoms with Crippen LogP contribution in [0.25, 0.3) is 0 Å². The summed E-state index contributed by atoms with van der Waals surface area (Å²) in [5.74, 6) is 1.28.